The number of nitrogens with one attached hydrogen (secondary N) is 1. The Labute approximate surface area is 132 Å². The number of hydrogen-bond acceptors (Lipinski definition) is 7. The topological polar surface area (TPSA) is 112 Å². The van der Waals surface area contributed by atoms with Crippen LogP contribution in [-0.2, 0) is 9.53 Å². The van der Waals surface area contributed by atoms with Crippen LogP contribution < -0.4 is 5.32 Å². The third kappa shape index (κ3) is 3.96. The van der Waals surface area contributed by atoms with Crippen molar-refractivity contribution in [3.8, 4) is 0 Å². The van der Waals surface area contributed by atoms with Crippen molar-refractivity contribution < 1.29 is 24.9 Å². The van der Waals surface area contributed by atoms with E-state index in [4.69, 9.17) is 4.74 Å². The van der Waals surface area contributed by atoms with Crippen molar-refractivity contribution in [3.05, 3.63) is 23.9 Å². The van der Waals surface area contributed by atoms with Crippen LogP contribution in [0, 0.1) is 6.92 Å². The number of carbonyl (C=O) groups excluding carboxylic acids is 1. The van der Waals surface area contributed by atoms with E-state index in [1.165, 1.54) is 18.7 Å². The molecular formula is C14H20N2O5S. The van der Waals surface area contributed by atoms with Gasteiger partial charge in [-0.3, -0.25) is 4.79 Å². The van der Waals surface area contributed by atoms with Crippen molar-refractivity contribution in [3.63, 3.8) is 0 Å². The van der Waals surface area contributed by atoms with Crippen LogP contribution in [-0.4, -0.2) is 62.6 Å². The molecular weight excluding hydrogens is 308 g/mol. The fourth-order valence-electron chi connectivity index (χ4n) is 2.27. The van der Waals surface area contributed by atoms with Gasteiger partial charge < -0.3 is 25.4 Å². The molecule has 4 N–H and O–H groups in total. The Morgan fingerprint density at radius 2 is 2.14 bits per heavy atom. The number of carbonyl (C=O) groups is 1. The Morgan fingerprint density at radius 3 is 2.73 bits per heavy atom. The first-order valence-electron chi connectivity index (χ1n) is 6.92. The molecule has 1 saturated heterocycles. The predicted octanol–water partition coefficient (Wildman–Crippen LogP) is -0.574. The fourth-order valence-corrected chi connectivity index (χ4v) is 3.44. The van der Waals surface area contributed by atoms with E-state index >= 15 is 0 Å². The number of thioether (sulfide) groups is 1. The quantitative estimate of drug-likeness (QED) is 0.585. The minimum absolute atomic E-state index is 0.343. The number of rotatable bonds is 4. The number of pyridine rings is 1. The first-order chi connectivity index (χ1) is 10.4. The van der Waals surface area contributed by atoms with Gasteiger partial charge in [0, 0.05) is 12.6 Å². The van der Waals surface area contributed by atoms with Crippen LogP contribution >= 0.6 is 11.8 Å². The van der Waals surface area contributed by atoms with Crippen molar-refractivity contribution >= 4 is 17.7 Å². The molecule has 0 spiro atoms. The lowest BCUT2D eigenvalue weighted by atomic mass is 9.98. The van der Waals surface area contributed by atoms with Crippen molar-refractivity contribution in [2.45, 2.75) is 48.7 Å². The number of aliphatic hydroxyl groups is 3. The Bertz CT molecular complexity index is 530. The molecule has 0 aliphatic carbocycles. The molecule has 0 radical (unpaired) electrons. The van der Waals surface area contributed by atoms with Crippen LogP contribution in [0.15, 0.2) is 23.2 Å². The maximum atomic E-state index is 11.3. The number of amides is 1. The van der Waals surface area contributed by atoms with E-state index in [-0.39, 0.29) is 5.91 Å². The molecule has 0 bridgehead atoms. The summed E-state index contributed by atoms with van der Waals surface area (Å²) in [4.78, 5) is 15.7. The van der Waals surface area contributed by atoms with E-state index in [1.54, 1.807) is 6.07 Å². The normalized spacial score (nSPS) is 31.8. The monoisotopic (exact) mass is 328 g/mol. The second-order valence-corrected chi connectivity index (χ2v) is 6.29. The van der Waals surface area contributed by atoms with Gasteiger partial charge in [-0.2, -0.15) is 0 Å². The van der Waals surface area contributed by atoms with E-state index in [0.717, 1.165) is 5.69 Å². The van der Waals surface area contributed by atoms with Crippen LogP contribution in [0.5, 0.6) is 0 Å². The Morgan fingerprint density at radius 1 is 1.41 bits per heavy atom. The maximum absolute atomic E-state index is 11.3. The number of hydrogen-bond donors (Lipinski definition) is 4. The lowest BCUT2D eigenvalue weighted by Crippen LogP contribution is -2.63. The second-order valence-electron chi connectivity index (χ2n) is 5.17. The summed E-state index contributed by atoms with van der Waals surface area (Å²) in [6.07, 6.45) is -3.43. The number of ether oxygens (including phenoxy) is 1. The van der Waals surface area contributed by atoms with Gasteiger partial charge in [-0.15, -0.1) is 0 Å². The van der Waals surface area contributed by atoms with Gasteiger partial charge in [0.15, 0.2) is 0 Å². The summed E-state index contributed by atoms with van der Waals surface area (Å²) in [5, 5.41) is 32.7. The molecule has 5 atom stereocenters. The van der Waals surface area contributed by atoms with Crippen molar-refractivity contribution in [2.24, 2.45) is 0 Å². The number of nitrogens with zero attached hydrogens (tertiary/aromatic N) is 1. The van der Waals surface area contributed by atoms with Crippen LogP contribution in [0.25, 0.3) is 0 Å². The smallest absolute Gasteiger partial charge is 0.217 e. The Hall–Kier alpha value is -1.19. The third-order valence-electron chi connectivity index (χ3n) is 3.35. The summed E-state index contributed by atoms with van der Waals surface area (Å²) in [5.74, 6) is -0.343. The fraction of sp³-hybridized carbons (Fsp3) is 0.571. The maximum Gasteiger partial charge on any atom is 0.217 e. The Balaban J connectivity index is 2.21. The average molecular weight is 328 g/mol. The summed E-state index contributed by atoms with van der Waals surface area (Å²) >= 11 is 1.22. The van der Waals surface area contributed by atoms with Gasteiger partial charge >= 0.3 is 0 Å². The van der Waals surface area contributed by atoms with Gasteiger partial charge in [0.05, 0.1) is 17.7 Å². The molecule has 1 aliphatic heterocycles. The van der Waals surface area contributed by atoms with Crippen LogP contribution in [0.4, 0.5) is 0 Å². The molecule has 0 aromatic carbocycles. The van der Waals surface area contributed by atoms with Gasteiger partial charge in [-0.05, 0) is 19.1 Å². The molecule has 2 heterocycles. The number of aryl methyl sites for hydroxylation is 1. The van der Waals surface area contributed by atoms with E-state index in [1.807, 2.05) is 19.1 Å². The summed E-state index contributed by atoms with van der Waals surface area (Å²) in [6, 6.07) is 4.68. The Kier molecular flexibility index (Phi) is 5.76. The third-order valence-corrected chi connectivity index (χ3v) is 4.46. The molecule has 1 fully saturated rings. The highest BCUT2D eigenvalue weighted by Crippen LogP contribution is 2.32. The van der Waals surface area contributed by atoms with E-state index in [2.05, 4.69) is 10.3 Å². The van der Waals surface area contributed by atoms with Crippen molar-refractivity contribution in [1.29, 1.82) is 0 Å². The van der Waals surface area contributed by atoms with Crippen molar-refractivity contribution in [2.75, 3.05) is 6.61 Å². The lowest BCUT2D eigenvalue weighted by molar-refractivity contribution is -0.173. The molecule has 1 aromatic heterocycles. The molecule has 7 nitrogen and oxygen atoms in total. The largest absolute Gasteiger partial charge is 0.394 e. The standard InChI is InChI=1S/C14H20N2O5S/c1-7-4-3-5-10(15-7)22-14-11(16-8(2)18)13(20)12(19)9(6-17)21-14/h3-5,9,11-14,17,19-20H,6H2,1-2H3,(H,16,18)/t9-,11-,12-,13-,14-/m1/s1. The van der Waals surface area contributed by atoms with Gasteiger partial charge in [0.25, 0.3) is 0 Å². The van der Waals surface area contributed by atoms with Crippen molar-refractivity contribution in [1.82, 2.24) is 10.3 Å². The lowest BCUT2D eigenvalue weighted by Gasteiger charge is -2.42. The SMILES string of the molecule is CC(=O)N[C@@H]1[C@@H](O)[C@H](O)[C@@H](CO)O[C@@H]1Sc1cccc(C)n1. The van der Waals surface area contributed by atoms with E-state index < -0.39 is 36.4 Å². The zero-order chi connectivity index (χ0) is 16.3. The highest BCUT2D eigenvalue weighted by atomic mass is 32.2. The number of aliphatic hydroxyl groups excluding tert-OH is 3. The van der Waals surface area contributed by atoms with Crippen LogP contribution in [0.2, 0.25) is 0 Å². The van der Waals surface area contributed by atoms with E-state index in [0.29, 0.717) is 5.03 Å². The summed E-state index contributed by atoms with van der Waals surface area (Å²) in [6.45, 7) is 2.75. The first kappa shape index (κ1) is 17.2. The van der Waals surface area contributed by atoms with Gasteiger partial charge in [-0.25, -0.2) is 4.98 Å². The van der Waals surface area contributed by atoms with E-state index in [9.17, 15) is 20.1 Å². The van der Waals surface area contributed by atoms with Gasteiger partial charge in [0.2, 0.25) is 5.91 Å². The zero-order valence-corrected chi connectivity index (χ0v) is 13.2. The summed E-state index contributed by atoms with van der Waals surface area (Å²) in [7, 11) is 0. The minimum atomic E-state index is -1.27. The van der Waals surface area contributed by atoms with Gasteiger partial charge in [-0.1, -0.05) is 17.8 Å². The molecule has 0 saturated carbocycles. The first-order valence-corrected chi connectivity index (χ1v) is 7.80. The number of aromatic nitrogens is 1. The van der Waals surface area contributed by atoms with Gasteiger partial charge in [0.1, 0.15) is 23.7 Å². The molecule has 122 valence electrons. The predicted molar refractivity (Wildman–Crippen MR) is 80.2 cm³/mol. The molecule has 2 rings (SSSR count). The minimum Gasteiger partial charge on any atom is -0.394 e. The molecule has 22 heavy (non-hydrogen) atoms. The molecule has 1 aliphatic rings. The average Bonchev–Trinajstić information content (AvgIpc) is 2.46. The molecule has 0 unspecified atom stereocenters. The second kappa shape index (κ2) is 7.38. The molecule has 1 aromatic rings. The highest BCUT2D eigenvalue weighted by Gasteiger charge is 2.45. The van der Waals surface area contributed by atoms with Crippen LogP contribution in [0.1, 0.15) is 12.6 Å². The molecule has 1 amide bonds. The van der Waals surface area contributed by atoms with Crippen LogP contribution in [0.3, 0.4) is 0 Å². The molecule has 8 heteroatoms. The summed E-state index contributed by atoms with van der Waals surface area (Å²) in [5.41, 5.74) is 0.157. The summed E-state index contributed by atoms with van der Waals surface area (Å²) < 4.78 is 5.62. The zero-order valence-electron chi connectivity index (χ0n) is 12.3. The highest BCUT2D eigenvalue weighted by molar-refractivity contribution is 7.99.